The fourth-order valence-corrected chi connectivity index (χ4v) is 4.28. The summed E-state index contributed by atoms with van der Waals surface area (Å²) in [5.74, 6) is -0.231. The van der Waals surface area contributed by atoms with Gasteiger partial charge in [0, 0.05) is 29.2 Å². The monoisotopic (exact) mass is 439 g/mol. The first kappa shape index (κ1) is 18.9. The molecule has 0 radical (unpaired) electrons. The maximum atomic E-state index is 13.5. The summed E-state index contributed by atoms with van der Waals surface area (Å²) in [6.45, 7) is 1.51. The van der Waals surface area contributed by atoms with E-state index in [0.717, 1.165) is 39.9 Å². The summed E-state index contributed by atoms with van der Waals surface area (Å²) >= 11 is 3.52. The van der Waals surface area contributed by atoms with Crippen LogP contribution in [0.4, 0.5) is 11.4 Å². The highest BCUT2D eigenvalue weighted by Crippen LogP contribution is 2.46. The predicted molar refractivity (Wildman–Crippen MR) is 116 cm³/mol. The number of halogens is 1. The maximum Gasteiger partial charge on any atom is 0.259 e. The summed E-state index contributed by atoms with van der Waals surface area (Å²) in [6.07, 6.45) is 0.862. The van der Waals surface area contributed by atoms with Crippen molar-refractivity contribution in [2.24, 2.45) is 0 Å². The van der Waals surface area contributed by atoms with Crippen LogP contribution in [0, 0.1) is 0 Å². The maximum absolute atomic E-state index is 13.5. The van der Waals surface area contributed by atoms with Crippen LogP contribution >= 0.6 is 15.9 Å². The van der Waals surface area contributed by atoms with Gasteiger partial charge in [-0.25, -0.2) is 0 Å². The summed E-state index contributed by atoms with van der Waals surface area (Å²) in [7, 11) is 5.80. The number of nitrogens with zero attached hydrogens (tertiary/aromatic N) is 3. The van der Waals surface area contributed by atoms with E-state index in [2.05, 4.69) is 20.8 Å². The molecule has 4 rings (SSSR count). The number of carbonyl (C=O) groups is 2. The fraction of sp³-hybridized carbons (Fsp3) is 0.273. The lowest BCUT2D eigenvalue weighted by Gasteiger charge is -2.18. The van der Waals surface area contributed by atoms with Gasteiger partial charge in [-0.15, -0.1) is 0 Å². The van der Waals surface area contributed by atoms with Crippen LogP contribution in [0.15, 0.2) is 46.9 Å². The molecule has 2 heterocycles. The van der Waals surface area contributed by atoms with Crippen molar-refractivity contribution in [2.75, 3.05) is 44.0 Å². The molecule has 0 saturated heterocycles. The van der Waals surface area contributed by atoms with E-state index in [9.17, 15) is 9.59 Å². The lowest BCUT2D eigenvalue weighted by atomic mass is 9.96. The molecule has 2 aliphatic rings. The molecule has 2 aromatic rings. The van der Waals surface area contributed by atoms with Crippen LogP contribution in [-0.2, 0) is 9.59 Å². The Morgan fingerprint density at radius 2 is 1.64 bits per heavy atom. The molecule has 0 aliphatic carbocycles. The Balaban J connectivity index is 1.87. The van der Waals surface area contributed by atoms with Gasteiger partial charge in [-0.2, -0.15) is 0 Å². The van der Waals surface area contributed by atoms with Gasteiger partial charge in [0.2, 0.25) is 0 Å². The van der Waals surface area contributed by atoms with Gasteiger partial charge in [0.25, 0.3) is 11.8 Å². The number of anilines is 2. The molecule has 0 atom stereocenters. The molecule has 0 N–H and O–H groups in total. The van der Waals surface area contributed by atoms with Gasteiger partial charge < -0.3 is 14.7 Å². The summed E-state index contributed by atoms with van der Waals surface area (Å²) in [5.41, 5.74) is 4.34. The van der Waals surface area contributed by atoms with Crippen molar-refractivity contribution < 1.29 is 9.59 Å². The highest BCUT2D eigenvalue weighted by Gasteiger charge is 2.40. The highest BCUT2D eigenvalue weighted by atomic mass is 79.9. The second-order valence-electron chi connectivity index (χ2n) is 7.41. The van der Waals surface area contributed by atoms with Gasteiger partial charge in [-0.1, -0.05) is 34.1 Å². The number of hydrogen-bond donors (Lipinski definition) is 0. The molecule has 2 aromatic carbocycles. The van der Waals surface area contributed by atoms with E-state index in [1.165, 1.54) is 0 Å². The lowest BCUT2D eigenvalue weighted by Crippen LogP contribution is -2.30. The third-order valence-electron chi connectivity index (χ3n) is 5.27. The molecule has 144 valence electrons. The molecule has 5 nitrogen and oxygen atoms in total. The minimum atomic E-state index is -0.134. The van der Waals surface area contributed by atoms with Gasteiger partial charge in [-0.3, -0.25) is 9.59 Å². The minimum Gasteiger partial charge on any atom is -0.311 e. The molecular formula is C22H22BrN3O2. The van der Waals surface area contributed by atoms with E-state index in [1.807, 2.05) is 61.5 Å². The summed E-state index contributed by atoms with van der Waals surface area (Å²) < 4.78 is 0.888. The number of fused-ring (bicyclic) bond motifs is 2. The van der Waals surface area contributed by atoms with Gasteiger partial charge >= 0.3 is 0 Å². The first-order valence-electron chi connectivity index (χ1n) is 9.28. The van der Waals surface area contributed by atoms with E-state index in [-0.39, 0.29) is 11.8 Å². The third kappa shape index (κ3) is 2.97. The summed E-state index contributed by atoms with van der Waals surface area (Å²) in [6, 6.07) is 13.5. The third-order valence-corrected chi connectivity index (χ3v) is 5.76. The van der Waals surface area contributed by atoms with Crippen LogP contribution in [0.1, 0.15) is 17.5 Å². The Kier molecular flexibility index (Phi) is 4.85. The number of likely N-dealkylation sites (N-methyl/N-ethyl adjacent to an activating group) is 1. The topological polar surface area (TPSA) is 43.9 Å². The normalized spacial score (nSPS) is 18.3. The zero-order chi connectivity index (χ0) is 20.0. The molecule has 28 heavy (non-hydrogen) atoms. The Hall–Kier alpha value is -2.44. The number of rotatable bonds is 4. The van der Waals surface area contributed by atoms with Gasteiger partial charge in [0.1, 0.15) is 0 Å². The second-order valence-corrected chi connectivity index (χ2v) is 8.32. The van der Waals surface area contributed by atoms with Crippen molar-refractivity contribution in [3.8, 4) is 0 Å². The van der Waals surface area contributed by atoms with Crippen LogP contribution < -0.4 is 9.80 Å². The van der Waals surface area contributed by atoms with Crippen LogP contribution in [0.25, 0.3) is 11.1 Å². The summed E-state index contributed by atoms with van der Waals surface area (Å²) in [5, 5.41) is 0. The minimum absolute atomic E-state index is 0.0969. The van der Waals surface area contributed by atoms with Crippen LogP contribution in [0.5, 0.6) is 0 Å². The second kappa shape index (κ2) is 7.18. The van der Waals surface area contributed by atoms with Crippen molar-refractivity contribution in [1.29, 1.82) is 0 Å². The average molecular weight is 440 g/mol. The number of para-hydroxylation sites is 1. The van der Waals surface area contributed by atoms with Crippen molar-refractivity contribution >= 4 is 50.3 Å². The van der Waals surface area contributed by atoms with E-state index in [4.69, 9.17) is 0 Å². The SMILES string of the molecule is CN(C)CCCN1C(=O)/C(=C2/C(=O)N(C)c3ccccc32)c2cc(Br)ccc21. The predicted octanol–water partition coefficient (Wildman–Crippen LogP) is 3.63. The molecular weight excluding hydrogens is 418 g/mol. The average Bonchev–Trinajstić information content (AvgIpc) is 3.06. The van der Waals surface area contributed by atoms with Crippen LogP contribution in [0.3, 0.4) is 0 Å². The van der Waals surface area contributed by atoms with Crippen LogP contribution in [-0.4, -0.2) is 50.9 Å². The molecule has 0 unspecified atom stereocenters. The largest absolute Gasteiger partial charge is 0.311 e. The van der Waals surface area contributed by atoms with Gasteiger partial charge in [-0.05, 0) is 51.3 Å². The molecule has 0 fully saturated rings. The molecule has 0 saturated carbocycles. The quantitative estimate of drug-likeness (QED) is 0.683. The molecule has 6 heteroatoms. The Morgan fingerprint density at radius 1 is 0.929 bits per heavy atom. The van der Waals surface area contributed by atoms with E-state index in [0.29, 0.717) is 17.7 Å². The molecule has 2 amide bonds. The van der Waals surface area contributed by atoms with Crippen molar-refractivity contribution in [3.63, 3.8) is 0 Å². The van der Waals surface area contributed by atoms with Gasteiger partial charge in [0.15, 0.2) is 0 Å². The van der Waals surface area contributed by atoms with Gasteiger partial charge in [0.05, 0.1) is 22.5 Å². The number of carbonyl (C=O) groups excluding carboxylic acids is 2. The standard InChI is InChI=1S/C22H22BrN3O2/c1-24(2)11-6-12-26-18-10-9-14(23)13-16(18)20(22(26)28)19-15-7-4-5-8-17(15)25(3)21(19)27/h4-5,7-10,13H,6,11-12H2,1-3H3/b20-19+. The van der Waals surface area contributed by atoms with E-state index >= 15 is 0 Å². The molecule has 0 aromatic heterocycles. The number of amides is 2. The Bertz CT molecular complexity index is 1010. The van der Waals surface area contributed by atoms with E-state index in [1.54, 1.807) is 11.9 Å². The van der Waals surface area contributed by atoms with Crippen LogP contribution in [0.2, 0.25) is 0 Å². The Labute approximate surface area is 173 Å². The van der Waals surface area contributed by atoms with Crippen molar-refractivity contribution in [2.45, 2.75) is 6.42 Å². The zero-order valence-corrected chi connectivity index (χ0v) is 17.8. The lowest BCUT2D eigenvalue weighted by molar-refractivity contribution is -0.114. The first-order valence-corrected chi connectivity index (χ1v) is 10.1. The first-order chi connectivity index (χ1) is 13.4. The zero-order valence-electron chi connectivity index (χ0n) is 16.2. The Morgan fingerprint density at radius 3 is 2.39 bits per heavy atom. The van der Waals surface area contributed by atoms with Crippen molar-refractivity contribution in [3.05, 3.63) is 58.1 Å². The fourth-order valence-electron chi connectivity index (χ4n) is 3.92. The highest BCUT2D eigenvalue weighted by molar-refractivity contribution is 9.10. The van der Waals surface area contributed by atoms with E-state index < -0.39 is 0 Å². The summed E-state index contributed by atoms with van der Waals surface area (Å²) in [4.78, 5) is 32.1. The van der Waals surface area contributed by atoms with Crippen molar-refractivity contribution in [1.82, 2.24) is 4.90 Å². The smallest absolute Gasteiger partial charge is 0.259 e. The number of hydrogen-bond acceptors (Lipinski definition) is 3. The molecule has 0 spiro atoms. The number of benzene rings is 2. The molecule has 0 bridgehead atoms. The molecule has 2 aliphatic heterocycles.